The van der Waals surface area contributed by atoms with Crippen LogP contribution in [0, 0.1) is 0 Å². The number of nitrogens with one attached hydrogen (secondary N) is 2. The number of aromatic nitrogens is 4. The Kier molecular flexibility index (Phi) is 5.79. The first-order valence-electron chi connectivity index (χ1n) is 8.08. The summed E-state index contributed by atoms with van der Waals surface area (Å²) in [5, 5.41) is 13.3. The topological polar surface area (TPSA) is 114 Å². The van der Waals surface area contributed by atoms with Gasteiger partial charge in [-0.2, -0.15) is 4.98 Å². The van der Waals surface area contributed by atoms with Crippen molar-refractivity contribution >= 4 is 17.1 Å². The number of fused-ring (bicyclic) bond motifs is 1. The summed E-state index contributed by atoms with van der Waals surface area (Å²) in [5.41, 5.74) is -0.524. The summed E-state index contributed by atoms with van der Waals surface area (Å²) in [7, 11) is 1.54. The van der Waals surface area contributed by atoms with E-state index in [1.165, 1.54) is 4.57 Å². The van der Waals surface area contributed by atoms with E-state index in [0.717, 1.165) is 6.42 Å². The van der Waals surface area contributed by atoms with Gasteiger partial charge in [0.25, 0.3) is 5.56 Å². The van der Waals surface area contributed by atoms with Crippen molar-refractivity contribution in [2.45, 2.75) is 45.9 Å². The summed E-state index contributed by atoms with van der Waals surface area (Å²) in [6, 6.07) is 0. The fourth-order valence-corrected chi connectivity index (χ4v) is 2.35. The fourth-order valence-electron chi connectivity index (χ4n) is 2.35. The van der Waals surface area contributed by atoms with E-state index in [9.17, 15) is 14.7 Å². The number of imidazole rings is 1. The molecule has 9 nitrogen and oxygen atoms in total. The molecule has 134 valence electrons. The Bertz CT molecular complexity index is 805. The highest BCUT2D eigenvalue weighted by atomic mass is 16.5. The number of rotatable bonds is 8. The number of aliphatic hydroxyl groups is 1. The molecule has 0 amide bonds. The first kappa shape index (κ1) is 18.2. The van der Waals surface area contributed by atoms with Crippen LogP contribution < -0.4 is 16.6 Å². The maximum absolute atomic E-state index is 12.2. The van der Waals surface area contributed by atoms with E-state index in [0.29, 0.717) is 12.5 Å². The first-order chi connectivity index (χ1) is 11.3. The predicted octanol–water partition coefficient (Wildman–Crippen LogP) is 0.0311. The van der Waals surface area contributed by atoms with Crippen LogP contribution in [-0.4, -0.2) is 49.6 Å². The Labute approximate surface area is 139 Å². The zero-order valence-corrected chi connectivity index (χ0v) is 14.5. The molecular formula is C15H25N5O4. The highest BCUT2D eigenvalue weighted by molar-refractivity contribution is 5.74. The van der Waals surface area contributed by atoms with Gasteiger partial charge in [0, 0.05) is 13.6 Å². The molecule has 24 heavy (non-hydrogen) atoms. The molecule has 2 aromatic rings. The Morgan fingerprint density at radius 2 is 2.08 bits per heavy atom. The van der Waals surface area contributed by atoms with E-state index in [1.54, 1.807) is 11.6 Å². The Morgan fingerprint density at radius 1 is 1.38 bits per heavy atom. The zero-order valence-electron chi connectivity index (χ0n) is 14.5. The van der Waals surface area contributed by atoms with Gasteiger partial charge in [0.05, 0.1) is 25.4 Å². The summed E-state index contributed by atoms with van der Waals surface area (Å²) in [6.45, 7) is 6.72. The van der Waals surface area contributed by atoms with Gasteiger partial charge in [-0.15, -0.1) is 0 Å². The molecule has 2 heterocycles. The van der Waals surface area contributed by atoms with Gasteiger partial charge in [0.15, 0.2) is 11.2 Å². The predicted molar refractivity (Wildman–Crippen MR) is 91.5 cm³/mol. The lowest BCUT2D eigenvalue weighted by atomic mass is 10.3. The quantitative estimate of drug-likeness (QED) is 0.625. The molecule has 2 aromatic heterocycles. The third-order valence-corrected chi connectivity index (χ3v) is 3.56. The van der Waals surface area contributed by atoms with Crippen molar-refractivity contribution < 1.29 is 9.84 Å². The summed E-state index contributed by atoms with van der Waals surface area (Å²) in [4.78, 5) is 30.6. The fraction of sp³-hybridized carbons (Fsp3) is 0.667. The summed E-state index contributed by atoms with van der Waals surface area (Å²) in [5.74, 6) is 0.446. The van der Waals surface area contributed by atoms with Gasteiger partial charge in [-0.3, -0.25) is 14.3 Å². The molecule has 0 aliphatic carbocycles. The number of aryl methyl sites for hydroxylation is 1. The number of aliphatic hydroxyl groups excluding tert-OH is 1. The van der Waals surface area contributed by atoms with Crippen molar-refractivity contribution in [3.05, 3.63) is 20.8 Å². The summed E-state index contributed by atoms with van der Waals surface area (Å²) >= 11 is 0. The van der Waals surface area contributed by atoms with Gasteiger partial charge in [0.1, 0.15) is 0 Å². The van der Waals surface area contributed by atoms with Crippen LogP contribution in [0.25, 0.3) is 11.2 Å². The van der Waals surface area contributed by atoms with Crippen LogP contribution >= 0.6 is 0 Å². The zero-order chi connectivity index (χ0) is 17.9. The smallest absolute Gasteiger partial charge is 0.329 e. The number of hydrogen-bond donors (Lipinski definition) is 3. The number of nitrogens with zero attached hydrogens (tertiary/aromatic N) is 3. The lowest BCUT2D eigenvalue weighted by Gasteiger charge is -2.16. The van der Waals surface area contributed by atoms with Crippen molar-refractivity contribution in [3.63, 3.8) is 0 Å². The van der Waals surface area contributed by atoms with Crippen LogP contribution in [0.15, 0.2) is 9.59 Å². The lowest BCUT2D eigenvalue weighted by molar-refractivity contribution is -0.000106. The number of hydrogen-bond acceptors (Lipinski definition) is 6. The second-order valence-electron chi connectivity index (χ2n) is 6.00. The highest BCUT2D eigenvalue weighted by Crippen LogP contribution is 2.16. The number of ether oxygens (including phenoxy) is 1. The molecule has 0 aliphatic rings. The molecule has 0 radical (unpaired) electrons. The van der Waals surface area contributed by atoms with Gasteiger partial charge in [-0.05, 0) is 20.3 Å². The molecule has 0 aromatic carbocycles. The maximum Gasteiger partial charge on any atom is 0.329 e. The molecule has 0 fully saturated rings. The Balaban J connectivity index is 2.46. The van der Waals surface area contributed by atoms with E-state index >= 15 is 0 Å². The molecule has 1 unspecified atom stereocenters. The molecule has 0 spiro atoms. The van der Waals surface area contributed by atoms with Crippen molar-refractivity contribution in [1.82, 2.24) is 19.1 Å². The Hall–Kier alpha value is -2.13. The molecule has 9 heteroatoms. The van der Waals surface area contributed by atoms with Crippen LogP contribution in [-0.2, 0) is 18.3 Å². The molecule has 2 rings (SSSR count). The molecule has 3 N–H and O–H groups in total. The average molecular weight is 339 g/mol. The summed E-state index contributed by atoms with van der Waals surface area (Å²) < 4.78 is 8.29. The standard InChI is InChI=1S/C15H25N5O4/c1-5-6-16-14-17-12-11(13(22)18-15(23)19(12)4)20(14)7-10(21)8-24-9(2)3/h9-10,21H,5-8H2,1-4H3,(H,16,17)(H,18,22,23). The van der Waals surface area contributed by atoms with Crippen molar-refractivity contribution in [2.24, 2.45) is 7.05 Å². The first-order valence-corrected chi connectivity index (χ1v) is 8.08. The van der Waals surface area contributed by atoms with E-state index in [1.807, 2.05) is 20.8 Å². The Morgan fingerprint density at radius 3 is 2.71 bits per heavy atom. The number of H-pyrrole nitrogens is 1. The van der Waals surface area contributed by atoms with Gasteiger partial charge >= 0.3 is 5.69 Å². The second-order valence-corrected chi connectivity index (χ2v) is 6.00. The number of aromatic amines is 1. The van der Waals surface area contributed by atoms with E-state index in [-0.39, 0.29) is 30.4 Å². The molecule has 0 bridgehead atoms. The van der Waals surface area contributed by atoms with Crippen molar-refractivity contribution in [2.75, 3.05) is 18.5 Å². The minimum absolute atomic E-state index is 0.00101. The van der Waals surface area contributed by atoms with Crippen LogP contribution in [0.2, 0.25) is 0 Å². The SMILES string of the molecule is CCCNc1nc2c(c(=O)[nH]c(=O)n2C)n1CC(O)COC(C)C. The third-order valence-electron chi connectivity index (χ3n) is 3.56. The van der Waals surface area contributed by atoms with Gasteiger partial charge in [0.2, 0.25) is 5.95 Å². The molecular weight excluding hydrogens is 314 g/mol. The summed E-state index contributed by atoms with van der Waals surface area (Å²) in [6.07, 6.45) is 0.0713. The highest BCUT2D eigenvalue weighted by Gasteiger charge is 2.19. The van der Waals surface area contributed by atoms with E-state index < -0.39 is 17.4 Å². The van der Waals surface area contributed by atoms with Gasteiger partial charge < -0.3 is 19.7 Å². The number of anilines is 1. The van der Waals surface area contributed by atoms with Crippen molar-refractivity contribution in [1.29, 1.82) is 0 Å². The molecule has 0 saturated carbocycles. The van der Waals surface area contributed by atoms with Gasteiger partial charge in [-0.25, -0.2) is 4.79 Å². The van der Waals surface area contributed by atoms with Crippen molar-refractivity contribution in [3.8, 4) is 0 Å². The third kappa shape index (κ3) is 3.85. The van der Waals surface area contributed by atoms with E-state index in [4.69, 9.17) is 4.74 Å². The largest absolute Gasteiger partial charge is 0.389 e. The van der Waals surface area contributed by atoms with Crippen LogP contribution in [0.3, 0.4) is 0 Å². The normalized spacial score (nSPS) is 12.9. The molecule has 0 aliphatic heterocycles. The maximum atomic E-state index is 12.2. The monoisotopic (exact) mass is 339 g/mol. The minimum atomic E-state index is -0.802. The second kappa shape index (κ2) is 7.63. The van der Waals surface area contributed by atoms with Crippen LogP contribution in [0.1, 0.15) is 27.2 Å². The van der Waals surface area contributed by atoms with Crippen LogP contribution in [0.5, 0.6) is 0 Å². The lowest BCUT2D eigenvalue weighted by Crippen LogP contribution is -2.30. The van der Waals surface area contributed by atoms with E-state index in [2.05, 4.69) is 15.3 Å². The molecule has 1 atom stereocenters. The van der Waals surface area contributed by atoms with Gasteiger partial charge in [-0.1, -0.05) is 6.92 Å². The van der Waals surface area contributed by atoms with Crippen LogP contribution in [0.4, 0.5) is 5.95 Å². The molecule has 0 saturated heterocycles. The average Bonchev–Trinajstić information content (AvgIpc) is 2.87. The minimum Gasteiger partial charge on any atom is -0.389 e.